The van der Waals surface area contributed by atoms with Crippen LogP contribution in [0.2, 0.25) is 19.6 Å². The predicted molar refractivity (Wildman–Crippen MR) is 136 cm³/mol. The van der Waals surface area contributed by atoms with E-state index >= 15 is 0 Å². The lowest BCUT2D eigenvalue weighted by Crippen LogP contribution is -2.17. The summed E-state index contributed by atoms with van der Waals surface area (Å²) in [7, 11) is -0.0256. The maximum absolute atomic E-state index is 13.1. The Morgan fingerprint density at radius 2 is 1.31 bits per heavy atom. The van der Waals surface area contributed by atoms with Gasteiger partial charge in [-0.25, -0.2) is 0 Å². The van der Waals surface area contributed by atoms with Crippen LogP contribution in [0.3, 0.4) is 0 Å². The average Bonchev–Trinajstić information content (AvgIpc) is 2.80. The molecule has 4 aromatic rings. The van der Waals surface area contributed by atoms with Crippen LogP contribution >= 0.6 is 0 Å². The van der Waals surface area contributed by atoms with Crippen LogP contribution in [-0.4, -0.2) is 21.0 Å². The third kappa shape index (κ3) is 4.44. The molecule has 0 N–H and O–H groups in total. The number of Topliss-reactive ketones (excluding diaryl/α,β-unsaturated/α-hetero) is 1. The largest absolute Gasteiger partial charge is 0.495 e. The minimum Gasteiger partial charge on any atom is -0.495 e. The molecule has 156 valence electrons. The van der Waals surface area contributed by atoms with Gasteiger partial charge in [-0.1, -0.05) is 92.1 Å². The molecule has 0 amide bonds. The molecule has 0 aliphatic carbocycles. The van der Waals surface area contributed by atoms with Crippen LogP contribution in [0.4, 0.5) is 0 Å². The van der Waals surface area contributed by atoms with Gasteiger partial charge in [0.05, 0.1) is 12.7 Å². The topological polar surface area (TPSA) is 26.3 Å². The maximum Gasteiger partial charge on any atom is 0.236 e. The summed E-state index contributed by atoms with van der Waals surface area (Å²) in [6, 6.07) is 23.8. The van der Waals surface area contributed by atoms with Gasteiger partial charge >= 0.3 is 0 Å². The van der Waals surface area contributed by atoms with Crippen LogP contribution in [0.25, 0.3) is 21.5 Å². The quantitative estimate of drug-likeness (QED) is 0.206. The van der Waals surface area contributed by atoms with E-state index in [-0.39, 0.29) is 5.78 Å². The molecule has 3 heteroatoms. The second-order valence-corrected chi connectivity index (χ2v) is 13.4. The molecule has 0 radical (unpaired) electrons. The summed E-state index contributed by atoms with van der Waals surface area (Å²) in [6.45, 7) is 6.38. The second kappa shape index (κ2) is 8.75. The van der Waals surface area contributed by atoms with Crippen molar-refractivity contribution in [3.63, 3.8) is 0 Å². The zero-order valence-electron chi connectivity index (χ0n) is 18.7. The van der Waals surface area contributed by atoms with Crippen molar-refractivity contribution in [3.05, 3.63) is 89.5 Å². The van der Waals surface area contributed by atoms with Crippen molar-refractivity contribution in [2.75, 3.05) is 7.11 Å². The van der Waals surface area contributed by atoms with E-state index in [2.05, 4.69) is 49.0 Å². The number of methoxy groups -OCH3 is 1. The Balaban J connectivity index is 1.95. The second-order valence-electron chi connectivity index (χ2n) is 8.65. The molecule has 0 atom stereocenters. The molecule has 0 aliphatic rings. The molecular formula is C29H24O2Si. The Morgan fingerprint density at radius 3 is 1.94 bits per heavy atom. The van der Waals surface area contributed by atoms with Gasteiger partial charge in [-0.15, -0.1) is 5.54 Å². The number of fused-ring (bicyclic) bond motifs is 2. The van der Waals surface area contributed by atoms with Crippen LogP contribution < -0.4 is 4.74 Å². The van der Waals surface area contributed by atoms with Crippen molar-refractivity contribution >= 4 is 35.4 Å². The van der Waals surface area contributed by atoms with E-state index in [4.69, 9.17) is 4.74 Å². The number of ketones is 1. The predicted octanol–water partition coefficient (Wildman–Crippen LogP) is 6.46. The van der Waals surface area contributed by atoms with Gasteiger partial charge in [0, 0.05) is 16.5 Å². The highest BCUT2D eigenvalue weighted by atomic mass is 28.3. The summed E-state index contributed by atoms with van der Waals surface area (Å²) < 4.78 is 5.60. The molecule has 0 fully saturated rings. The van der Waals surface area contributed by atoms with Gasteiger partial charge in [0.15, 0.2) is 0 Å². The van der Waals surface area contributed by atoms with Gasteiger partial charge in [-0.3, -0.25) is 4.79 Å². The van der Waals surface area contributed by atoms with Gasteiger partial charge in [0.1, 0.15) is 13.8 Å². The number of benzene rings is 4. The van der Waals surface area contributed by atoms with E-state index in [9.17, 15) is 4.79 Å². The molecule has 0 unspecified atom stereocenters. The third-order valence-electron chi connectivity index (χ3n) is 5.15. The molecule has 0 aromatic heterocycles. The molecule has 4 rings (SSSR count). The lowest BCUT2D eigenvalue weighted by atomic mass is 9.96. The summed E-state index contributed by atoms with van der Waals surface area (Å²) >= 11 is 0. The van der Waals surface area contributed by atoms with Gasteiger partial charge in [0.2, 0.25) is 5.78 Å². The van der Waals surface area contributed by atoms with Gasteiger partial charge in [0.25, 0.3) is 0 Å². The number of hydrogen-bond donors (Lipinski definition) is 0. The molecular weight excluding hydrogens is 408 g/mol. The highest BCUT2D eigenvalue weighted by Gasteiger charge is 2.14. The average molecular weight is 433 g/mol. The Labute approximate surface area is 190 Å². The lowest BCUT2D eigenvalue weighted by molar-refractivity contribution is 0.105. The van der Waals surface area contributed by atoms with E-state index in [0.29, 0.717) is 16.9 Å². The Kier molecular flexibility index (Phi) is 5.86. The molecule has 32 heavy (non-hydrogen) atoms. The molecule has 0 heterocycles. The smallest absolute Gasteiger partial charge is 0.236 e. The minimum atomic E-state index is -1.67. The number of carbonyl (C=O) groups excluding carboxylic acids is 1. The van der Waals surface area contributed by atoms with Crippen molar-refractivity contribution < 1.29 is 9.53 Å². The van der Waals surface area contributed by atoms with E-state index in [1.807, 2.05) is 66.7 Å². The van der Waals surface area contributed by atoms with E-state index in [0.717, 1.165) is 27.1 Å². The molecule has 4 aromatic carbocycles. The van der Waals surface area contributed by atoms with Crippen LogP contribution in [0.1, 0.15) is 21.5 Å². The standard InChI is InChI=1S/C29H24O2Si/c1-31-29-18-14-22-10-6-8-12-24(22)27(29)17-16-25-23-11-7-5-9-21(23)13-15-26(25)28(30)19-20-32(2,3)4/h5-15,18H,1-4H3. The van der Waals surface area contributed by atoms with Crippen molar-refractivity contribution in [2.45, 2.75) is 19.6 Å². The summed E-state index contributed by atoms with van der Waals surface area (Å²) in [6.07, 6.45) is 0. The SMILES string of the molecule is COc1ccc2ccccc2c1C#Cc1c(C(=O)C#C[Si](C)(C)C)ccc2ccccc12. The number of carbonyl (C=O) groups is 1. The first-order valence-electron chi connectivity index (χ1n) is 10.5. The highest BCUT2D eigenvalue weighted by molar-refractivity contribution is 6.84. The van der Waals surface area contributed by atoms with Gasteiger partial charge in [-0.05, 0) is 34.2 Å². The summed E-state index contributed by atoms with van der Waals surface area (Å²) in [5.74, 6) is 10.0. The first-order chi connectivity index (χ1) is 15.4. The van der Waals surface area contributed by atoms with Gasteiger partial charge in [-0.2, -0.15) is 0 Å². The molecule has 0 aliphatic heterocycles. The van der Waals surface area contributed by atoms with E-state index < -0.39 is 8.07 Å². The molecule has 0 saturated carbocycles. The van der Waals surface area contributed by atoms with Crippen molar-refractivity contribution in [2.24, 2.45) is 0 Å². The minimum absolute atomic E-state index is 0.188. The molecule has 0 spiro atoms. The molecule has 2 nitrogen and oxygen atoms in total. The monoisotopic (exact) mass is 432 g/mol. The summed E-state index contributed by atoms with van der Waals surface area (Å²) in [4.78, 5) is 13.1. The maximum atomic E-state index is 13.1. The molecule has 0 saturated heterocycles. The Hall–Kier alpha value is -3.79. The fourth-order valence-corrected chi connectivity index (χ4v) is 4.07. The van der Waals surface area contributed by atoms with Crippen molar-refractivity contribution in [3.8, 4) is 29.1 Å². The van der Waals surface area contributed by atoms with Crippen LogP contribution in [0, 0.1) is 23.3 Å². The zero-order valence-corrected chi connectivity index (χ0v) is 19.7. The zero-order chi connectivity index (χ0) is 22.7. The number of rotatable bonds is 2. The van der Waals surface area contributed by atoms with Crippen LogP contribution in [0.15, 0.2) is 72.8 Å². The summed E-state index contributed by atoms with van der Waals surface area (Å²) in [5.41, 5.74) is 5.24. The van der Waals surface area contributed by atoms with E-state index in [1.54, 1.807) is 7.11 Å². The number of hydrogen-bond acceptors (Lipinski definition) is 2. The van der Waals surface area contributed by atoms with Crippen LogP contribution in [-0.2, 0) is 0 Å². The highest BCUT2D eigenvalue weighted by Crippen LogP contribution is 2.28. The Morgan fingerprint density at radius 1 is 0.750 bits per heavy atom. The molecule has 0 bridgehead atoms. The van der Waals surface area contributed by atoms with Crippen molar-refractivity contribution in [1.82, 2.24) is 0 Å². The lowest BCUT2D eigenvalue weighted by Gasteiger charge is -2.08. The van der Waals surface area contributed by atoms with E-state index in [1.165, 1.54) is 0 Å². The fourth-order valence-electron chi connectivity index (χ4n) is 3.58. The fraction of sp³-hybridized carbons (Fsp3) is 0.138. The summed E-state index contributed by atoms with van der Waals surface area (Å²) in [5, 5.41) is 4.09. The van der Waals surface area contributed by atoms with Crippen molar-refractivity contribution in [1.29, 1.82) is 0 Å². The first kappa shape index (κ1) is 21.4. The third-order valence-corrected chi connectivity index (χ3v) is 6.02. The Bertz CT molecular complexity index is 1470. The van der Waals surface area contributed by atoms with Crippen LogP contribution in [0.5, 0.6) is 5.75 Å². The number of ether oxygens (including phenoxy) is 1. The van der Waals surface area contributed by atoms with Gasteiger partial charge < -0.3 is 4.74 Å². The normalized spacial score (nSPS) is 10.8. The first-order valence-corrected chi connectivity index (χ1v) is 14.0.